The molecule has 0 saturated carbocycles. The standard InChI is InChI=1S/C25H28N2O3/c1-4-30-25(29)22-16-23(21-12-10-18(2)11-13-21)27(19(22)3)15-14-24(28)26-17-20-8-6-5-7-9-20/h5-13,16H,4,14-15,17H2,1-3H3,(H,26,28). The van der Waals surface area contributed by atoms with Crippen molar-refractivity contribution in [2.75, 3.05) is 6.61 Å². The predicted octanol–water partition coefficient (Wildman–Crippen LogP) is 4.66. The van der Waals surface area contributed by atoms with Crippen LogP contribution in [0.1, 0.15) is 40.5 Å². The Bertz CT molecular complexity index is 1000. The van der Waals surface area contributed by atoms with E-state index >= 15 is 0 Å². The second kappa shape index (κ2) is 9.92. The third-order valence-corrected chi connectivity index (χ3v) is 5.10. The lowest BCUT2D eigenvalue weighted by atomic mass is 10.1. The number of esters is 1. The smallest absolute Gasteiger partial charge is 0.339 e. The molecule has 0 atom stereocenters. The van der Waals surface area contributed by atoms with Crippen LogP contribution in [0.5, 0.6) is 0 Å². The Morgan fingerprint density at radius 2 is 1.70 bits per heavy atom. The minimum absolute atomic E-state index is 0.0282. The van der Waals surface area contributed by atoms with Gasteiger partial charge in [0, 0.05) is 30.9 Å². The van der Waals surface area contributed by atoms with Crippen LogP contribution in [0.2, 0.25) is 0 Å². The van der Waals surface area contributed by atoms with Crippen molar-refractivity contribution in [1.82, 2.24) is 9.88 Å². The minimum atomic E-state index is -0.337. The maximum absolute atomic E-state index is 12.4. The van der Waals surface area contributed by atoms with Gasteiger partial charge < -0.3 is 14.6 Å². The van der Waals surface area contributed by atoms with Crippen molar-refractivity contribution in [2.45, 2.75) is 40.3 Å². The summed E-state index contributed by atoms with van der Waals surface area (Å²) in [6.45, 7) is 7.03. The highest BCUT2D eigenvalue weighted by Gasteiger charge is 2.20. The van der Waals surface area contributed by atoms with Crippen LogP contribution in [0.4, 0.5) is 0 Å². The predicted molar refractivity (Wildman–Crippen MR) is 118 cm³/mol. The summed E-state index contributed by atoms with van der Waals surface area (Å²) in [6, 6.07) is 19.8. The highest BCUT2D eigenvalue weighted by atomic mass is 16.5. The molecule has 1 aromatic heterocycles. The van der Waals surface area contributed by atoms with Gasteiger partial charge in [-0.2, -0.15) is 0 Å². The van der Waals surface area contributed by atoms with Gasteiger partial charge in [-0.05, 0) is 38.0 Å². The molecule has 5 heteroatoms. The monoisotopic (exact) mass is 404 g/mol. The van der Waals surface area contributed by atoms with Crippen LogP contribution in [0.15, 0.2) is 60.7 Å². The van der Waals surface area contributed by atoms with Gasteiger partial charge in [0.1, 0.15) is 0 Å². The lowest BCUT2D eigenvalue weighted by molar-refractivity contribution is -0.121. The minimum Gasteiger partial charge on any atom is -0.462 e. The zero-order valence-electron chi connectivity index (χ0n) is 17.8. The fourth-order valence-electron chi connectivity index (χ4n) is 3.41. The van der Waals surface area contributed by atoms with E-state index < -0.39 is 0 Å². The third-order valence-electron chi connectivity index (χ3n) is 5.10. The molecule has 1 amide bonds. The van der Waals surface area contributed by atoms with Gasteiger partial charge >= 0.3 is 5.97 Å². The Hall–Kier alpha value is -3.34. The molecule has 156 valence electrons. The third kappa shape index (κ3) is 5.17. The number of amides is 1. The average molecular weight is 405 g/mol. The van der Waals surface area contributed by atoms with Crippen molar-refractivity contribution in [3.63, 3.8) is 0 Å². The Kier molecular flexibility index (Phi) is 7.07. The molecular formula is C25H28N2O3. The van der Waals surface area contributed by atoms with E-state index in [1.54, 1.807) is 6.92 Å². The van der Waals surface area contributed by atoms with Crippen LogP contribution >= 0.6 is 0 Å². The van der Waals surface area contributed by atoms with E-state index in [1.165, 1.54) is 5.56 Å². The molecule has 0 aliphatic carbocycles. The van der Waals surface area contributed by atoms with Crippen LogP contribution in [0.3, 0.4) is 0 Å². The van der Waals surface area contributed by atoms with Gasteiger partial charge in [0.05, 0.1) is 12.2 Å². The molecule has 1 heterocycles. The quantitative estimate of drug-likeness (QED) is 0.556. The molecule has 0 fully saturated rings. The summed E-state index contributed by atoms with van der Waals surface area (Å²) in [5.74, 6) is -0.366. The first-order valence-corrected chi connectivity index (χ1v) is 10.2. The van der Waals surface area contributed by atoms with Crippen molar-refractivity contribution in [3.8, 4) is 11.3 Å². The maximum atomic E-state index is 12.4. The Labute approximate surface area is 177 Å². The first-order chi connectivity index (χ1) is 14.5. The van der Waals surface area contributed by atoms with Crippen molar-refractivity contribution < 1.29 is 14.3 Å². The molecule has 0 aliphatic rings. The second-order valence-corrected chi connectivity index (χ2v) is 7.28. The summed E-state index contributed by atoms with van der Waals surface area (Å²) >= 11 is 0. The van der Waals surface area contributed by atoms with E-state index in [2.05, 4.69) is 5.32 Å². The maximum Gasteiger partial charge on any atom is 0.339 e. The Morgan fingerprint density at radius 3 is 2.37 bits per heavy atom. The Morgan fingerprint density at radius 1 is 1.00 bits per heavy atom. The normalized spacial score (nSPS) is 10.6. The molecule has 2 aromatic carbocycles. The highest BCUT2D eigenvalue weighted by molar-refractivity contribution is 5.92. The van der Waals surface area contributed by atoms with Gasteiger partial charge in [-0.15, -0.1) is 0 Å². The van der Waals surface area contributed by atoms with E-state index in [9.17, 15) is 9.59 Å². The highest BCUT2D eigenvalue weighted by Crippen LogP contribution is 2.27. The van der Waals surface area contributed by atoms with Crippen LogP contribution in [0, 0.1) is 13.8 Å². The van der Waals surface area contributed by atoms with Crippen LogP contribution in [-0.2, 0) is 22.6 Å². The number of carbonyl (C=O) groups excluding carboxylic acids is 2. The average Bonchev–Trinajstić information content (AvgIpc) is 3.08. The number of carbonyl (C=O) groups is 2. The van der Waals surface area contributed by atoms with Crippen molar-refractivity contribution in [3.05, 3.63) is 83.0 Å². The number of hydrogen-bond acceptors (Lipinski definition) is 3. The van der Waals surface area contributed by atoms with Crippen LogP contribution < -0.4 is 5.32 Å². The summed E-state index contributed by atoms with van der Waals surface area (Å²) in [6.07, 6.45) is 0.323. The van der Waals surface area contributed by atoms with Crippen LogP contribution in [-0.4, -0.2) is 23.1 Å². The van der Waals surface area contributed by atoms with E-state index in [4.69, 9.17) is 4.74 Å². The number of aromatic nitrogens is 1. The molecule has 3 aromatic rings. The zero-order chi connectivity index (χ0) is 21.5. The molecule has 5 nitrogen and oxygen atoms in total. The van der Waals surface area contributed by atoms with Crippen molar-refractivity contribution >= 4 is 11.9 Å². The van der Waals surface area contributed by atoms with Gasteiger partial charge in [0.2, 0.25) is 5.91 Å². The number of rotatable bonds is 8. The molecule has 0 radical (unpaired) electrons. The molecule has 30 heavy (non-hydrogen) atoms. The van der Waals surface area contributed by atoms with Crippen molar-refractivity contribution in [1.29, 1.82) is 0 Å². The fourth-order valence-corrected chi connectivity index (χ4v) is 3.41. The van der Waals surface area contributed by atoms with Gasteiger partial charge in [0.25, 0.3) is 0 Å². The summed E-state index contributed by atoms with van der Waals surface area (Å²) < 4.78 is 7.24. The molecule has 0 aliphatic heterocycles. The number of nitrogens with one attached hydrogen (secondary N) is 1. The lowest BCUT2D eigenvalue weighted by Gasteiger charge is -2.13. The van der Waals surface area contributed by atoms with Crippen molar-refractivity contribution in [2.24, 2.45) is 0 Å². The number of aryl methyl sites for hydroxylation is 1. The molecule has 1 N–H and O–H groups in total. The molecule has 0 spiro atoms. The first kappa shape index (κ1) is 21.4. The molecular weight excluding hydrogens is 376 g/mol. The first-order valence-electron chi connectivity index (χ1n) is 10.2. The van der Waals surface area contributed by atoms with Gasteiger partial charge in [0.15, 0.2) is 0 Å². The second-order valence-electron chi connectivity index (χ2n) is 7.28. The topological polar surface area (TPSA) is 60.3 Å². The largest absolute Gasteiger partial charge is 0.462 e. The van der Waals surface area contributed by atoms with E-state index in [1.807, 2.05) is 79.1 Å². The number of hydrogen-bond donors (Lipinski definition) is 1. The summed E-state index contributed by atoms with van der Waals surface area (Å²) in [5.41, 5.74) is 5.49. The summed E-state index contributed by atoms with van der Waals surface area (Å²) in [4.78, 5) is 24.8. The summed E-state index contributed by atoms with van der Waals surface area (Å²) in [5, 5.41) is 2.96. The fraction of sp³-hybridized carbons (Fsp3) is 0.280. The lowest BCUT2D eigenvalue weighted by Crippen LogP contribution is -2.24. The SMILES string of the molecule is CCOC(=O)c1cc(-c2ccc(C)cc2)n(CCC(=O)NCc2ccccc2)c1C. The molecule has 0 unspecified atom stereocenters. The molecule has 0 bridgehead atoms. The van der Waals surface area contributed by atoms with Gasteiger partial charge in [-0.3, -0.25) is 4.79 Å². The van der Waals surface area contributed by atoms with E-state index in [0.29, 0.717) is 31.7 Å². The number of nitrogens with zero attached hydrogens (tertiary/aromatic N) is 1. The van der Waals surface area contributed by atoms with Gasteiger partial charge in [-0.1, -0.05) is 60.2 Å². The molecule has 3 rings (SSSR count). The summed E-state index contributed by atoms with van der Waals surface area (Å²) in [7, 11) is 0. The zero-order valence-corrected chi connectivity index (χ0v) is 17.8. The number of benzene rings is 2. The van der Waals surface area contributed by atoms with Crippen LogP contribution in [0.25, 0.3) is 11.3 Å². The van der Waals surface area contributed by atoms with E-state index in [-0.39, 0.29) is 11.9 Å². The van der Waals surface area contributed by atoms with Gasteiger partial charge in [-0.25, -0.2) is 4.79 Å². The number of ether oxygens (including phenoxy) is 1. The van der Waals surface area contributed by atoms with E-state index in [0.717, 1.165) is 22.5 Å². The molecule has 0 saturated heterocycles. The Balaban J connectivity index is 1.78.